The highest BCUT2D eigenvalue weighted by atomic mass is 16.7. The first-order valence-corrected chi connectivity index (χ1v) is 11.9. The Morgan fingerprint density at radius 2 is 1.70 bits per heavy atom. The van der Waals surface area contributed by atoms with E-state index >= 15 is 0 Å². The number of amides is 5. The molecule has 3 fully saturated rings. The minimum absolute atomic E-state index is 0.0387. The van der Waals surface area contributed by atoms with Crippen molar-refractivity contribution in [2.75, 3.05) is 26.2 Å². The van der Waals surface area contributed by atoms with Crippen molar-refractivity contribution < 1.29 is 28.8 Å². The number of ether oxygens (including phenoxy) is 1. The van der Waals surface area contributed by atoms with Crippen molar-refractivity contribution >= 4 is 23.9 Å². The zero-order valence-electron chi connectivity index (χ0n) is 20.1. The van der Waals surface area contributed by atoms with E-state index in [9.17, 15) is 19.2 Å². The monoisotopic (exact) mass is 467 g/mol. The van der Waals surface area contributed by atoms with Gasteiger partial charge in [0.15, 0.2) is 0 Å². The maximum atomic E-state index is 12.7. The highest BCUT2D eigenvalue weighted by Gasteiger charge is 2.48. The molecule has 0 spiro atoms. The number of carbonyl (C=O) groups is 4. The molecule has 186 valence electrons. The molecular weight excluding hydrogens is 430 g/mol. The van der Waals surface area contributed by atoms with Gasteiger partial charge in [-0.25, -0.2) is 9.59 Å². The van der Waals surface area contributed by atoms with E-state index in [0.717, 1.165) is 12.8 Å². The molecule has 5 amide bonds. The summed E-state index contributed by atoms with van der Waals surface area (Å²) < 4.78 is 5.37. The predicted molar refractivity (Wildman–Crippen MR) is 118 cm³/mol. The number of unbranched alkanes of at least 4 members (excludes halogenated alkanes) is 1. The molecule has 0 saturated carbocycles. The summed E-state index contributed by atoms with van der Waals surface area (Å²) >= 11 is 0. The number of piperidine rings is 2. The van der Waals surface area contributed by atoms with E-state index in [1.54, 1.807) is 4.90 Å². The Hall–Kier alpha value is -2.56. The van der Waals surface area contributed by atoms with Gasteiger partial charge in [-0.05, 0) is 52.9 Å². The number of hydrazine groups is 1. The number of hydroxylamine groups is 2. The fourth-order valence-corrected chi connectivity index (χ4v) is 4.34. The van der Waals surface area contributed by atoms with Gasteiger partial charge in [-0.2, -0.15) is 5.06 Å². The minimum atomic E-state index is -0.636. The summed E-state index contributed by atoms with van der Waals surface area (Å²) in [6.07, 6.45) is 3.61. The average Bonchev–Trinajstić information content (AvgIpc) is 3.01. The van der Waals surface area contributed by atoms with E-state index in [1.807, 2.05) is 20.8 Å². The molecule has 11 nitrogen and oxygen atoms in total. The van der Waals surface area contributed by atoms with E-state index < -0.39 is 17.6 Å². The predicted octanol–water partition coefficient (Wildman–Crippen LogP) is 1.78. The Bertz CT molecular complexity index is 746. The van der Waals surface area contributed by atoms with Gasteiger partial charge in [0.1, 0.15) is 11.6 Å². The van der Waals surface area contributed by atoms with Crippen LogP contribution in [0.2, 0.25) is 0 Å². The van der Waals surface area contributed by atoms with E-state index in [1.165, 1.54) is 9.96 Å². The smallest absolute Gasteiger partial charge is 0.410 e. The molecule has 0 radical (unpaired) electrons. The lowest BCUT2D eigenvalue weighted by Crippen LogP contribution is -2.55. The van der Waals surface area contributed by atoms with Gasteiger partial charge < -0.3 is 14.5 Å². The Morgan fingerprint density at radius 1 is 1.03 bits per heavy atom. The van der Waals surface area contributed by atoms with Gasteiger partial charge in [-0.1, -0.05) is 13.3 Å². The molecule has 3 aliphatic rings. The Labute approximate surface area is 195 Å². The normalized spacial score (nSPS) is 23.5. The van der Waals surface area contributed by atoms with Crippen molar-refractivity contribution in [3.63, 3.8) is 0 Å². The van der Waals surface area contributed by atoms with E-state index in [-0.39, 0.29) is 30.0 Å². The lowest BCUT2D eigenvalue weighted by molar-refractivity contribution is -0.134. The molecule has 33 heavy (non-hydrogen) atoms. The van der Waals surface area contributed by atoms with Crippen molar-refractivity contribution in [2.24, 2.45) is 5.92 Å². The van der Waals surface area contributed by atoms with Crippen LogP contribution in [0.1, 0.15) is 66.2 Å². The molecule has 11 heteroatoms. The van der Waals surface area contributed by atoms with Gasteiger partial charge in [-0.15, -0.1) is 0 Å². The number of fused-ring (bicyclic) bond motifs is 2. The molecule has 3 saturated heterocycles. The lowest BCUT2D eigenvalue weighted by Gasteiger charge is -2.33. The minimum Gasteiger partial charge on any atom is -0.444 e. The number of rotatable bonds is 6. The number of nitrogens with zero attached hydrogens (tertiary/aromatic N) is 3. The summed E-state index contributed by atoms with van der Waals surface area (Å²) in [5, 5.41) is 1.40. The highest BCUT2D eigenvalue weighted by Crippen LogP contribution is 2.30. The van der Waals surface area contributed by atoms with Crippen LogP contribution in [-0.2, 0) is 19.2 Å². The van der Waals surface area contributed by atoms with Crippen LogP contribution in [0.15, 0.2) is 0 Å². The van der Waals surface area contributed by atoms with Gasteiger partial charge in [0, 0.05) is 25.6 Å². The van der Waals surface area contributed by atoms with E-state index in [0.29, 0.717) is 51.9 Å². The number of likely N-dealkylation sites (tertiary alicyclic amines) is 1. The third-order valence-electron chi connectivity index (χ3n) is 6.18. The molecule has 0 aliphatic carbocycles. The molecule has 0 aromatic rings. The second-order valence-electron chi connectivity index (χ2n) is 9.91. The summed E-state index contributed by atoms with van der Waals surface area (Å²) in [6, 6.07) is -0.972. The van der Waals surface area contributed by atoms with Gasteiger partial charge in [-0.3, -0.25) is 25.3 Å². The molecule has 0 aromatic carbocycles. The van der Waals surface area contributed by atoms with Gasteiger partial charge in [0.2, 0.25) is 5.91 Å². The van der Waals surface area contributed by atoms with Gasteiger partial charge in [0.05, 0.1) is 12.6 Å². The fourth-order valence-electron chi connectivity index (χ4n) is 4.34. The Morgan fingerprint density at radius 3 is 2.33 bits per heavy atom. The number of urea groups is 1. The van der Waals surface area contributed by atoms with E-state index in [4.69, 9.17) is 9.57 Å². The van der Waals surface area contributed by atoms with Crippen molar-refractivity contribution in [1.29, 1.82) is 0 Å². The number of hydrogen-bond acceptors (Lipinski definition) is 6. The van der Waals surface area contributed by atoms with Crippen LogP contribution in [0.5, 0.6) is 0 Å². The summed E-state index contributed by atoms with van der Waals surface area (Å²) in [5.74, 6) is -1.01. The van der Waals surface area contributed by atoms with Crippen molar-refractivity contribution in [1.82, 2.24) is 25.7 Å². The van der Waals surface area contributed by atoms with E-state index in [2.05, 4.69) is 17.8 Å². The number of nitrogens with one attached hydrogen (secondary N) is 2. The molecule has 0 aromatic heterocycles. The van der Waals surface area contributed by atoms with Crippen molar-refractivity contribution in [2.45, 2.75) is 83.9 Å². The molecule has 2 N–H and O–H groups in total. The quantitative estimate of drug-likeness (QED) is 0.454. The summed E-state index contributed by atoms with van der Waals surface area (Å²) in [4.78, 5) is 58.8. The average molecular weight is 468 g/mol. The third kappa shape index (κ3) is 6.27. The van der Waals surface area contributed by atoms with Gasteiger partial charge in [0.25, 0.3) is 5.91 Å². The van der Waals surface area contributed by atoms with Crippen molar-refractivity contribution in [3.05, 3.63) is 0 Å². The Kier molecular flexibility index (Phi) is 8.04. The van der Waals surface area contributed by atoms with Crippen molar-refractivity contribution in [3.8, 4) is 0 Å². The first-order valence-electron chi connectivity index (χ1n) is 11.9. The molecule has 2 atom stereocenters. The fraction of sp³-hybridized carbons (Fsp3) is 0.818. The molecule has 3 heterocycles. The van der Waals surface area contributed by atoms with Crippen LogP contribution < -0.4 is 10.9 Å². The summed E-state index contributed by atoms with van der Waals surface area (Å²) in [6.45, 7) is 9.25. The zero-order chi connectivity index (χ0) is 24.2. The highest BCUT2D eigenvalue weighted by molar-refractivity contribution is 5.90. The van der Waals surface area contributed by atoms with Crippen LogP contribution in [0, 0.1) is 5.92 Å². The van der Waals surface area contributed by atoms with Crippen LogP contribution in [0.3, 0.4) is 0 Å². The third-order valence-corrected chi connectivity index (χ3v) is 6.18. The zero-order valence-corrected chi connectivity index (χ0v) is 20.1. The SMILES string of the molecule is CCCCON1C(=O)N2CC1CC[C@H]2C(=O)NNC(=O)C1CCN(C(=O)OC(C)(C)C)CC1. The summed E-state index contributed by atoms with van der Waals surface area (Å²) in [5.41, 5.74) is 4.42. The molecule has 3 rings (SSSR count). The van der Waals surface area contributed by atoms with Crippen LogP contribution in [0.4, 0.5) is 9.59 Å². The molecule has 1 unspecified atom stereocenters. The number of carbonyl (C=O) groups excluding carboxylic acids is 4. The van der Waals surface area contributed by atoms with Crippen LogP contribution in [-0.4, -0.2) is 82.7 Å². The molecule has 2 bridgehead atoms. The standard InChI is InChI=1S/C22H37N5O6/c1-5-6-13-32-27-16-7-8-17(26(14-16)20(27)30)19(29)24-23-18(28)15-9-11-25(12-10-15)21(31)33-22(2,3)4/h15-17H,5-14H2,1-4H3,(H,23,28)(H,24,29)/t16?,17-/m0/s1. The second-order valence-corrected chi connectivity index (χ2v) is 9.91. The topological polar surface area (TPSA) is 121 Å². The second kappa shape index (κ2) is 10.6. The van der Waals surface area contributed by atoms with Gasteiger partial charge >= 0.3 is 12.1 Å². The first kappa shape index (κ1) is 25.1. The Balaban J connectivity index is 1.43. The molecule has 3 aliphatic heterocycles. The first-order chi connectivity index (χ1) is 15.6. The lowest BCUT2D eigenvalue weighted by atomic mass is 9.96. The van der Waals surface area contributed by atoms with Crippen LogP contribution >= 0.6 is 0 Å². The van der Waals surface area contributed by atoms with Crippen LogP contribution in [0.25, 0.3) is 0 Å². The maximum absolute atomic E-state index is 12.7. The maximum Gasteiger partial charge on any atom is 0.410 e. The number of hydrogen-bond donors (Lipinski definition) is 2. The molecular formula is C22H37N5O6. The summed E-state index contributed by atoms with van der Waals surface area (Å²) in [7, 11) is 0. The largest absolute Gasteiger partial charge is 0.444 e.